The van der Waals surface area contributed by atoms with E-state index in [1.54, 1.807) is 0 Å². The predicted octanol–water partition coefficient (Wildman–Crippen LogP) is 1.75. The molecule has 2 atom stereocenters. The molecule has 2 unspecified atom stereocenters. The average molecular weight is 289 g/mol. The molecule has 1 aromatic carbocycles. The third-order valence-electron chi connectivity index (χ3n) is 4.47. The topological polar surface area (TPSA) is 58.4 Å². The van der Waals surface area contributed by atoms with Crippen LogP contribution in [0, 0.1) is 5.92 Å². The Labute approximate surface area is 127 Å². The van der Waals surface area contributed by atoms with Gasteiger partial charge in [0.1, 0.15) is 0 Å². The Morgan fingerprint density at radius 2 is 2.14 bits per heavy atom. The van der Waals surface area contributed by atoms with Gasteiger partial charge in [0, 0.05) is 19.1 Å². The van der Waals surface area contributed by atoms with E-state index in [1.165, 1.54) is 12.8 Å². The van der Waals surface area contributed by atoms with Crippen molar-refractivity contribution in [3.05, 3.63) is 35.9 Å². The molecule has 1 heterocycles. The second-order valence-corrected chi connectivity index (χ2v) is 5.92. The van der Waals surface area contributed by atoms with E-state index in [4.69, 9.17) is 5.73 Å². The molecule has 1 saturated heterocycles. The van der Waals surface area contributed by atoms with Crippen LogP contribution in [-0.2, 0) is 11.3 Å². The van der Waals surface area contributed by atoms with Crippen molar-refractivity contribution < 1.29 is 4.79 Å². The van der Waals surface area contributed by atoms with Gasteiger partial charge in [0.2, 0.25) is 5.91 Å². The molecule has 4 heteroatoms. The number of nitrogens with two attached hydrogens (primary N) is 1. The molecule has 1 fully saturated rings. The number of likely N-dealkylation sites (tertiary alicyclic amines) is 1. The zero-order valence-corrected chi connectivity index (χ0v) is 12.9. The predicted molar refractivity (Wildman–Crippen MR) is 85.7 cm³/mol. The van der Waals surface area contributed by atoms with Crippen LogP contribution >= 0.6 is 0 Å². The molecule has 0 spiro atoms. The van der Waals surface area contributed by atoms with E-state index in [-0.39, 0.29) is 5.91 Å². The van der Waals surface area contributed by atoms with Gasteiger partial charge < -0.3 is 11.1 Å². The standard InChI is InChI=1S/C17H27N3O/c1-2-14-8-9-20(16(10-14)11-18)13-17(21)19-12-15-6-4-3-5-7-15/h3-7,14,16H,2,8-13,18H2,1H3,(H,19,21). The summed E-state index contributed by atoms with van der Waals surface area (Å²) in [6, 6.07) is 10.4. The maximum Gasteiger partial charge on any atom is 0.234 e. The summed E-state index contributed by atoms with van der Waals surface area (Å²) in [6.07, 6.45) is 3.52. The number of hydrogen-bond acceptors (Lipinski definition) is 3. The zero-order valence-electron chi connectivity index (χ0n) is 12.9. The van der Waals surface area contributed by atoms with Gasteiger partial charge in [-0.2, -0.15) is 0 Å². The van der Waals surface area contributed by atoms with Crippen LogP contribution in [0.1, 0.15) is 31.7 Å². The molecule has 4 nitrogen and oxygen atoms in total. The van der Waals surface area contributed by atoms with Crippen LogP contribution < -0.4 is 11.1 Å². The number of nitrogens with zero attached hydrogens (tertiary/aromatic N) is 1. The van der Waals surface area contributed by atoms with Gasteiger partial charge in [-0.15, -0.1) is 0 Å². The Morgan fingerprint density at radius 3 is 2.81 bits per heavy atom. The van der Waals surface area contributed by atoms with Gasteiger partial charge in [0.15, 0.2) is 0 Å². The number of rotatable bonds is 6. The first-order valence-electron chi connectivity index (χ1n) is 7.97. The molecule has 3 N–H and O–H groups in total. The summed E-state index contributed by atoms with van der Waals surface area (Å²) in [4.78, 5) is 14.3. The average Bonchev–Trinajstić information content (AvgIpc) is 2.54. The van der Waals surface area contributed by atoms with Gasteiger partial charge in [-0.3, -0.25) is 9.69 Å². The van der Waals surface area contributed by atoms with Crippen LogP contribution in [0.5, 0.6) is 0 Å². The van der Waals surface area contributed by atoms with Crippen molar-refractivity contribution in [2.45, 2.75) is 38.8 Å². The summed E-state index contributed by atoms with van der Waals surface area (Å²) in [5.41, 5.74) is 7.01. The molecule has 1 aliphatic rings. The maximum atomic E-state index is 12.1. The van der Waals surface area contributed by atoms with Crippen molar-refractivity contribution in [3.63, 3.8) is 0 Å². The van der Waals surface area contributed by atoms with Gasteiger partial charge in [0.05, 0.1) is 6.54 Å². The largest absolute Gasteiger partial charge is 0.351 e. The van der Waals surface area contributed by atoms with Crippen LogP contribution in [-0.4, -0.2) is 36.5 Å². The lowest BCUT2D eigenvalue weighted by Gasteiger charge is -2.38. The number of amides is 1. The minimum absolute atomic E-state index is 0.0900. The summed E-state index contributed by atoms with van der Waals surface area (Å²) in [5.74, 6) is 0.856. The number of hydrogen-bond donors (Lipinski definition) is 2. The van der Waals surface area contributed by atoms with Crippen LogP contribution in [0.2, 0.25) is 0 Å². The van der Waals surface area contributed by atoms with E-state index in [0.29, 0.717) is 25.7 Å². The molecule has 0 saturated carbocycles. The molecule has 1 aromatic rings. The van der Waals surface area contributed by atoms with Crippen molar-refractivity contribution in [2.24, 2.45) is 11.7 Å². The number of carbonyl (C=O) groups excluding carboxylic acids is 1. The Morgan fingerprint density at radius 1 is 1.38 bits per heavy atom. The lowest BCUT2D eigenvalue weighted by Crippen LogP contribution is -2.50. The molecule has 116 valence electrons. The molecule has 0 aromatic heterocycles. The lowest BCUT2D eigenvalue weighted by atomic mass is 9.89. The molecule has 1 amide bonds. The Bertz CT molecular complexity index is 435. The monoisotopic (exact) mass is 289 g/mol. The van der Waals surface area contributed by atoms with Crippen molar-refractivity contribution in [1.82, 2.24) is 10.2 Å². The summed E-state index contributed by atoms with van der Waals surface area (Å²) in [5, 5.41) is 2.99. The Kier molecular flexibility index (Phi) is 6.21. The fourth-order valence-electron chi connectivity index (χ4n) is 3.04. The molecule has 2 rings (SSSR count). The smallest absolute Gasteiger partial charge is 0.234 e. The molecule has 0 radical (unpaired) electrons. The highest BCUT2D eigenvalue weighted by atomic mass is 16.2. The summed E-state index contributed by atoms with van der Waals surface area (Å²) in [7, 11) is 0. The second kappa shape index (κ2) is 8.15. The lowest BCUT2D eigenvalue weighted by molar-refractivity contribution is -0.123. The molecule has 1 aliphatic heterocycles. The van der Waals surface area contributed by atoms with Crippen molar-refractivity contribution in [1.29, 1.82) is 0 Å². The highest BCUT2D eigenvalue weighted by Crippen LogP contribution is 2.24. The van der Waals surface area contributed by atoms with E-state index in [9.17, 15) is 4.79 Å². The van der Waals surface area contributed by atoms with Gasteiger partial charge in [-0.1, -0.05) is 43.7 Å². The number of nitrogens with one attached hydrogen (secondary N) is 1. The van der Waals surface area contributed by atoms with Gasteiger partial charge in [-0.25, -0.2) is 0 Å². The van der Waals surface area contributed by atoms with Gasteiger partial charge >= 0.3 is 0 Å². The fraction of sp³-hybridized carbons (Fsp3) is 0.588. The van der Waals surface area contributed by atoms with E-state index in [2.05, 4.69) is 17.1 Å². The maximum absolute atomic E-state index is 12.1. The number of benzene rings is 1. The van der Waals surface area contributed by atoms with E-state index < -0.39 is 0 Å². The zero-order chi connectivity index (χ0) is 15.1. The third-order valence-corrected chi connectivity index (χ3v) is 4.47. The van der Waals surface area contributed by atoms with Gasteiger partial charge in [-0.05, 0) is 30.9 Å². The van der Waals surface area contributed by atoms with E-state index in [1.807, 2.05) is 30.3 Å². The Balaban J connectivity index is 1.79. The molecule has 0 bridgehead atoms. The minimum Gasteiger partial charge on any atom is -0.351 e. The molecular weight excluding hydrogens is 262 g/mol. The molecular formula is C17H27N3O. The first-order valence-corrected chi connectivity index (χ1v) is 7.97. The van der Waals surface area contributed by atoms with Crippen LogP contribution in [0.3, 0.4) is 0 Å². The number of carbonyl (C=O) groups is 1. The van der Waals surface area contributed by atoms with Crippen LogP contribution in [0.25, 0.3) is 0 Å². The fourth-order valence-corrected chi connectivity index (χ4v) is 3.04. The SMILES string of the molecule is CCC1CCN(CC(=O)NCc2ccccc2)C(CN)C1. The van der Waals surface area contributed by atoms with Crippen LogP contribution in [0.4, 0.5) is 0 Å². The van der Waals surface area contributed by atoms with E-state index >= 15 is 0 Å². The van der Waals surface area contributed by atoms with E-state index in [0.717, 1.165) is 24.4 Å². The Hall–Kier alpha value is -1.39. The van der Waals surface area contributed by atoms with Crippen molar-refractivity contribution in [2.75, 3.05) is 19.6 Å². The van der Waals surface area contributed by atoms with Crippen molar-refractivity contribution in [3.8, 4) is 0 Å². The van der Waals surface area contributed by atoms with Crippen molar-refractivity contribution >= 4 is 5.91 Å². The third kappa shape index (κ3) is 4.83. The highest BCUT2D eigenvalue weighted by Gasteiger charge is 2.27. The quantitative estimate of drug-likeness (QED) is 0.839. The van der Waals surface area contributed by atoms with Gasteiger partial charge in [0.25, 0.3) is 0 Å². The summed E-state index contributed by atoms with van der Waals surface area (Å²) < 4.78 is 0. The second-order valence-electron chi connectivity index (χ2n) is 5.92. The first-order chi connectivity index (χ1) is 10.2. The molecule has 0 aliphatic carbocycles. The number of piperidine rings is 1. The minimum atomic E-state index is 0.0900. The summed E-state index contributed by atoms with van der Waals surface area (Å²) >= 11 is 0. The molecule has 21 heavy (non-hydrogen) atoms. The first kappa shape index (κ1) is 16.0. The normalized spacial score (nSPS) is 23.0. The highest BCUT2D eigenvalue weighted by molar-refractivity contribution is 5.78. The van der Waals surface area contributed by atoms with Crippen LogP contribution in [0.15, 0.2) is 30.3 Å². The summed E-state index contributed by atoms with van der Waals surface area (Å²) in [6.45, 7) is 4.92.